The second-order valence-corrected chi connectivity index (χ2v) is 7.94. The number of nitrogens with one attached hydrogen (secondary N) is 1. The Morgan fingerprint density at radius 1 is 1.17 bits per heavy atom. The van der Waals surface area contributed by atoms with Crippen molar-refractivity contribution in [3.63, 3.8) is 0 Å². The van der Waals surface area contributed by atoms with E-state index >= 15 is 0 Å². The van der Waals surface area contributed by atoms with Crippen LogP contribution < -0.4 is 5.32 Å². The predicted molar refractivity (Wildman–Crippen MR) is 90.0 cm³/mol. The molecule has 2 aromatic rings. The molecule has 0 amide bonds. The molecule has 1 atom stereocenters. The minimum Gasteiger partial charge on any atom is -0.376 e. The van der Waals surface area contributed by atoms with Crippen molar-refractivity contribution < 1.29 is 13.2 Å². The van der Waals surface area contributed by atoms with Crippen molar-refractivity contribution in [2.75, 3.05) is 13.2 Å². The lowest BCUT2D eigenvalue weighted by Gasteiger charge is -2.11. The Kier molecular flexibility index (Phi) is 4.80. The van der Waals surface area contributed by atoms with Gasteiger partial charge in [-0.3, -0.25) is 5.32 Å². The zero-order valence-electron chi connectivity index (χ0n) is 13.2. The van der Waals surface area contributed by atoms with Gasteiger partial charge in [0.15, 0.2) is 9.84 Å². The third kappa shape index (κ3) is 3.99. The monoisotopic (exact) mass is 331 g/mol. The average Bonchev–Trinajstić information content (AvgIpc) is 3.38. The number of benzene rings is 2. The molecule has 1 aliphatic heterocycles. The molecule has 0 bridgehead atoms. The van der Waals surface area contributed by atoms with Crippen molar-refractivity contribution in [1.82, 2.24) is 5.32 Å². The van der Waals surface area contributed by atoms with E-state index in [1.807, 2.05) is 49.4 Å². The summed E-state index contributed by atoms with van der Waals surface area (Å²) in [5.41, 5.74) is 3.02. The predicted octanol–water partition coefficient (Wildman–Crippen LogP) is 2.46. The van der Waals surface area contributed by atoms with Crippen LogP contribution in [0.2, 0.25) is 0 Å². The summed E-state index contributed by atoms with van der Waals surface area (Å²) in [6, 6.07) is 15.5. The first kappa shape index (κ1) is 16.2. The molecule has 0 saturated carbocycles. The molecule has 1 aliphatic rings. The second-order valence-electron chi connectivity index (χ2n) is 5.84. The molecule has 23 heavy (non-hydrogen) atoms. The zero-order valence-corrected chi connectivity index (χ0v) is 14.0. The van der Waals surface area contributed by atoms with Gasteiger partial charge in [-0.15, -0.1) is 0 Å². The highest BCUT2D eigenvalue weighted by molar-refractivity contribution is 7.92. The third-order valence-corrected chi connectivity index (χ3v) is 5.99. The molecule has 5 heteroatoms. The number of hydrogen-bond donors (Lipinski definition) is 1. The summed E-state index contributed by atoms with van der Waals surface area (Å²) in [5, 5.41) is 2.46. The van der Waals surface area contributed by atoms with Crippen molar-refractivity contribution in [1.29, 1.82) is 0 Å². The molecule has 1 fully saturated rings. The Morgan fingerprint density at radius 3 is 2.61 bits per heavy atom. The van der Waals surface area contributed by atoms with Crippen molar-refractivity contribution >= 4 is 9.84 Å². The molecule has 1 saturated heterocycles. The zero-order chi connectivity index (χ0) is 16.3. The molecule has 4 nitrogen and oxygen atoms in total. The summed E-state index contributed by atoms with van der Waals surface area (Å²) in [7, 11) is -3.27. The molecule has 3 rings (SSSR count). The van der Waals surface area contributed by atoms with E-state index < -0.39 is 15.2 Å². The van der Waals surface area contributed by atoms with Crippen LogP contribution in [0.1, 0.15) is 16.7 Å². The Hall–Kier alpha value is -1.69. The minimum absolute atomic E-state index is 0.422. The van der Waals surface area contributed by atoms with Crippen LogP contribution in [0.5, 0.6) is 0 Å². The Balaban J connectivity index is 1.66. The topological polar surface area (TPSA) is 65.3 Å². The largest absolute Gasteiger partial charge is 0.376 e. The molecular formula is C18H21NO3S. The summed E-state index contributed by atoms with van der Waals surface area (Å²) < 4.78 is 30.7. The van der Waals surface area contributed by atoms with Crippen LogP contribution in [-0.4, -0.2) is 26.9 Å². The van der Waals surface area contributed by atoms with E-state index in [-0.39, 0.29) is 0 Å². The summed E-state index contributed by atoms with van der Waals surface area (Å²) in [4.78, 5) is 0.432. The number of rotatable bonds is 7. The molecule has 0 radical (unpaired) electrons. The van der Waals surface area contributed by atoms with Gasteiger partial charge in [0.1, 0.15) is 5.37 Å². The maximum atomic E-state index is 12.5. The van der Waals surface area contributed by atoms with Crippen molar-refractivity contribution in [2.45, 2.75) is 30.2 Å². The van der Waals surface area contributed by atoms with Crippen LogP contribution in [-0.2, 0) is 27.6 Å². The summed E-state index contributed by atoms with van der Waals surface area (Å²) in [6.07, 6.45) is 0.593. The molecule has 0 unspecified atom stereocenters. The van der Waals surface area contributed by atoms with Crippen molar-refractivity contribution in [2.24, 2.45) is 0 Å². The summed E-state index contributed by atoms with van der Waals surface area (Å²) in [6.45, 7) is 3.55. The molecule has 122 valence electrons. The second kappa shape index (κ2) is 6.83. The molecular weight excluding hydrogens is 310 g/mol. The van der Waals surface area contributed by atoms with E-state index in [0.717, 1.165) is 16.7 Å². The van der Waals surface area contributed by atoms with Crippen LogP contribution >= 0.6 is 0 Å². The number of ether oxygens (including phenoxy) is 1. The highest BCUT2D eigenvalue weighted by Crippen LogP contribution is 2.25. The Labute approximate surface area is 137 Å². The van der Waals surface area contributed by atoms with Crippen LogP contribution in [0.3, 0.4) is 0 Å². The van der Waals surface area contributed by atoms with Gasteiger partial charge in [0.05, 0.1) is 18.1 Å². The first-order valence-electron chi connectivity index (χ1n) is 7.76. The first-order chi connectivity index (χ1) is 11.1. The minimum atomic E-state index is -3.27. The molecule has 0 spiro atoms. The molecule has 2 aromatic carbocycles. The maximum absolute atomic E-state index is 12.5. The Morgan fingerprint density at radius 2 is 1.91 bits per heavy atom. The lowest BCUT2D eigenvalue weighted by molar-refractivity contribution is 0.123. The van der Waals surface area contributed by atoms with Crippen molar-refractivity contribution in [3.05, 3.63) is 65.2 Å². The maximum Gasteiger partial charge on any atom is 0.195 e. The average molecular weight is 331 g/mol. The van der Waals surface area contributed by atoms with Gasteiger partial charge < -0.3 is 4.74 Å². The summed E-state index contributed by atoms with van der Waals surface area (Å²) >= 11 is 0. The van der Waals surface area contributed by atoms with E-state index in [9.17, 15) is 8.42 Å². The van der Waals surface area contributed by atoms with Crippen LogP contribution in [0.15, 0.2) is 53.4 Å². The normalized spacial score (nSPS) is 17.2. The standard InChI is InChI=1S/C18H21NO3S/c1-14-7-8-17(23(20,21)18-12-19-18)16(11-14)9-10-22-13-15-5-3-2-4-6-15/h2-8,11,18-19H,9-10,12-13H2,1H3/t18-/m0/s1. The highest BCUT2D eigenvalue weighted by Gasteiger charge is 2.37. The highest BCUT2D eigenvalue weighted by atomic mass is 32.2. The van der Waals surface area contributed by atoms with E-state index in [0.29, 0.717) is 31.1 Å². The fourth-order valence-electron chi connectivity index (χ4n) is 2.55. The van der Waals surface area contributed by atoms with Gasteiger partial charge in [0, 0.05) is 6.54 Å². The van der Waals surface area contributed by atoms with Crippen LogP contribution in [0.4, 0.5) is 0 Å². The smallest absolute Gasteiger partial charge is 0.195 e. The molecule has 0 aromatic heterocycles. The number of sulfone groups is 1. The van der Waals surface area contributed by atoms with Crippen LogP contribution in [0.25, 0.3) is 0 Å². The van der Waals surface area contributed by atoms with E-state index in [4.69, 9.17) is 4.74 Å². The quantitative estimate of drug-likeness (QED) is 0.625. The van der Waals surface area contributed by atoms with Gasteiger partial charge in [-0.05, 0) is 30.5 Å². The summed E-state index contributed by atoms with van der Waals surface area (Å²) in [5.74, 6) is 0. The van der Waals surface area contributed by atoms with Gasteiger partial charge in [-0.1, -0.05) is 48.0 Å². The van der Waals surface area contributed by atoms with Crippen LogP contribution in [0, 0.1) is 6.92 Å². The van der Waals surface area contributed by atoms with Gasteiger partial charge in [-0.2, -0.15) is 0 Å². The molecule has 0 aliphatic carbocycles. The molecule has 1 N–H and O–H groups in total. The lowest BCUT2D eigenvalue weighted by Crippen LogP contribution is -2.14. The first-order valence-corrected chi connectivity index (χ1v) is 9.30. The SMILES string of the molecule is Cc1ccc(S(=O)(=O)[C@H]2CN2)c(CCOCc2ccccc2)c1. The molecule has 1 heterocycles. The van der Waals surface area contributed by atoms with Gasteiger partial charge in [-0.25, -0.2) is 8.42 Å². The third-order valence-electron chi connectivity index (χ3n) is 3.90. The number of hydrogen-bond acceptors (Lipinski definition) is 4. The van der Waals surface area contributed by atoms with E-state index in [2.05, 4.69) is 5.32 Å². The fourth-order valence-corrected chi connectivity index (χ4v) is 4.17. The lowest BCUT2D eigenvalue weighted by atomic mass is 10.1. The van der Waals surface area contributed by atoms with E-state index in [1.54, 1.807) is 6.07 Å². The van der Waals surface area contributed by atoms with Crippen molar-refractivity contribution in [3.8, 4) is 0 Å². The van der Waals surface area contributed by atoms with Gasteiger partial charge >= 0.3 is 0 Å². The van der Waals surface area contributed by atoms with Gasteiger partial charge in [0.2, 0.25) is 0 Å². The van der Waals surface area contributed by atoms with E-state index in [1.165, 1.54) is 0 Å². The van der Waals surface area contributed by atoms with Gasteiger partial charge in [0.25, 0.3) is 0 Å². The fraction of sp³-hybridized carbons (Fsp3) is 0.333. The Bertz CT molecular complexity index is 768. The number of aryl methyl sites for hydroxylation is 1.